The average molecular weight is 395 g/mol. The Bertz CT molecular complexity index is 587. The molecule has 1 aromatic carbocycles. The van der Waals surface area contributed by atoms with E-state index in [9.17, 15) is 4.79 Å². The smallest absolute Gasteiger partial charge is 0.428 e. The molecule has 1 aromatic rings. The molecule has 28 heavy (non-hydrogen) atoms. The molecule has 0 aliphatic carbocycles. The molecule has 1 amide bonds. The quantitative estimate of drug-likeness (QED) is 0.261. The second kappa shape index (κ2) is 11.2. The third-order valence-corrected chi connectivity index (χ3v) is 5.14. The van der Waals surface area contributed by atoms with E-state index in [0.717, 1.165) is 42.9 Å². The summed E-state index contributed by atoms with van der Waals surface area (Å²) >= 11 is 0. The van der Waals surface area contributed by atoms with Crippen LogP contribution in [0.3, 0.4) is 0 Å². The molecule has 2 rings (SSSR count). The molecule has 0 radical (unpaired) electrons. The number of amides is 1. The molecule has 1 unspecified atom stereocenters. The van der Waals surface area contributed by atoms with Crippen molar-refractivity contribution in [1.82, 2.24) is 0 Å². The lowest BCUT2D eigenvalue weighted by atomic mass is 9.91. The lowest BCUT2D eigenvalue weighted by Gasteiger charge is -2.31. The molecule has 7 heteroatoms. The first-order valence-electron chi connectivity index (χ1n) is 10.2. The van der Waals surface area contributed by atoms with Crippen LogP contribution >= 0.6 is 0 Å². The van der Waals surface area contributed by atoms with Gasteiger partial charge in [-0.25, -0.2) is 15.6 Å². The molecular weight excluding hydrogens is 360 g/mol. The highest BCUT2D eigenvalue weighted by molar-refractivity contribution is 5.86. The molecule has 0 aromatic heterocycles. The summed E-state index contributed by atoms with van der Waals surface area (Å²) in [7, 11) is 0. The topological polar surface area (TPSA) is 83.3 Å². The standard InChI is InChI=1S/C21H34N2O5/c1-4-17(21(3)27-15-16-28-21)9-7-6-8-14-26-19-12-10-18(11-13-19)23(22)20(24)25-5-2/h10-13,17H,4-9,14-16,22H2,1-3H3. The normalized spacial score (nSPS) is 16.6. The van der Waals surface area contributed by atoms with Gasteiger partial charge in [-0.3, -0.25) is 0 Å². The molecule has 1 saturated heterocycles. The number of hydrogen-bond donors (Lipinski definition) is 1. The molecule has 7 nitrogen and oxygen atoms in total. The molecular formula is C21H34N2O5. The van der Waals surface area contributed by atoms with E-state index in [1.807, 2.05) is 0 Å². The van der Waals surface area contributed by atoms with Crippen molar-refractivity contribution in [2.24, 2.45) is 11.8 Å². The number of benzene rings is 1. The summed E-state index contributed by atoms with van der Waals surface area (Å²) in [5.41, 5.74) is 0.557. The van der Waals surface area contributed by atoms with Crippen LogP contribution in [-0.4, -0.2) is 38.3 Å². The van der Waals surface area contributed by atoms with Gasteiger partial charge in [-0.05, 0) is 57.4 Å². The number of rotatable bonds is 11. The van der Waals surface area contributed by atoms with E-state index in [4.69, 9.17) is 24.8 Å². The Morgan fingerprint density at radius 2 is 1.86 bits per heavy atom. The van der Waals surface area contributed by atoms with Gasteiger partial charge in [0.25, 0.3) is 0 Å². The summed E-state index contributed by atoms with van der Waals surface area (Å²) in [6.07, 6.45) is 4.80. The van der Waals surface area contributed by atoms with Crippen molar-refractivity contribution in [3.8, 4) is 5.75 Å². The van der Waals surface area contributed by atoms with Gasteiger partial charge in [0.15, 0.2) is 5.79 Å². The number of hydrogen-bond acceptors (Lipinski definition) is 6. The van der Waals surface area contributed by atoms with Gasteiger partial charge in [0.05, 0.1) is 32.1 Å². The monoisotopic (exact) mass is 394 g/mol. The summed E-state index contributed by atoms with van der Waals surface area (Å²) in [4.78, 5) is 11.6. The Balaban J connectivity index is 1.64. The number of anilines is 1. The lowest BCUT2D eigenvalue weighted by Crippen LogP contribution is -2.37. The fraction of sp³-hybridized carbons (Fsp3) is 0.667. The van der Waals surface area contributed by atoms with Crippen LogP contribution < -0.4 is 15.6 Å². The van der Waals surface area contributed by atoms with Crippen molar-refractivity contribution < 1.29 is 23.7 Å². The first kappa shape index (κ1) is 22.5. The van der Waals surface area contributed by atoms with Crippen molar-refractivity contribution >= 4 is 11.8 Å². The van der Waals surface area contributed by atoms with Crippen LogP contribution in [0.15, 0.2) is 24.3 Å². The highest BCUT2D eigenvalue weighted by Crippen LogP contribution is 2.33. The van der Waals surface area contributed by atoms with Gasteiger partial charge in [-0.2, -0.15) is 0 Å². The molecule has 1 aliphatic rings. The molecule has 2 N–H and O–H groups in total. The zero-order chi connectivity index (χ0) is 20.4. The summed E-state index contributed by atoms with van der Waals surface area (Å²) < 4.78 is 22.2. The molecule has 0 spiro atoms. The third kappa shape index (κ3) is 6.36. The van der Waals surface area contributed by atoms with E-state index in [1.165, 1.54) is 0 Å². The first-order chi connectivity index (χ1) is 13.5. The largest absolute Gasteiger partial charge is 0.494 e. The number of unbranched alkanes of at least 4 members (excludes halogenated alkanes) is 2. The molecule has 1 heterocycles. The number of carbonyl (C=O) groups excluding carboxylic acids is 1. The minimum Gasteiger partial charge on any atom is -0.494 e. The Morgan fingerprint density at radius 3 is 2.46 bits per heavy atom. The molecule has 0 bridgehead atoms. The van der Waals surface area contributed by atoms with Crippen molar-refractivity contribution in [1.29, 1.82) is 0 Å². The Morgan fingerprint density at radius 1 is 1.18 bits per heavy atom. The highest BCUT2D eigenvalue weighted by atomic mass is 16.7. The summed E-state index contributed by atoms with van der Waals surface area (Å²) in [5.74, 6) is 6.50. The number of nitrogens with two attached hydrogens (primary N) is 1. The SMILES string of the molecule is CCOC(=O)N(N)c1ccc(OCCCCCC(CC)C2(C)OCCO2)cc1. The van der Waals surface area contributed by atoms with E-state index >= 15 is 0 Å². The van der Waals surface area contributed by atoms with Crippen molar-refractivity contribution in [2.45, 2.75) is 58.7 Å². The van der Waals surface area contributed by atoms with Crippen LogP contribution in [0, 0.1) is 5.92 Å². The lowest BCUT2D eigenvalue weighted by molar-refractivity contribution is -0.183. The van der Waals surface area contributed by atoms with Gasteiger partial charge in [0, 0.05) is 5.92 Å². The van der Waals surface area contributed by atoms with Gasteiger partial charge in [0.2, 0.25) is 0 Å². The van der Waals surface area contributed by atoms with E-state index in [2.05, 4.69) is 13.8 Å². The minimum atomic E-state index is -0.580. The predicted molar refractivity (Wildman–Crippen MR) is 108 cm³/mol. The van der Waals surface area contributed by atoms with Crippen LogP contribution in [0.4, 0.5) is 10.5 Å². The zero-order valence-corrected chi connectivity index (χ0v) is 17.3. The predicted octanol–water partition coefficient (Wildman–Crippen LogP) is 4.25. The van der Waals surface area contributed by atoms with Crippen molar-refractivity contribution in [3.05, 3.63) is 24.3 Å². The van der Waals surface area contributed by atoms with E-state index in [0.29, 0.717) is 31.4 Å². The number of carbonyl (C=O) groups is 1. The molecule has 1 atom stereocenters. The fourth-order valence-corrected chi connectivity index (χ4v) is 3.46. The summed E-state index contributed by atoms with van der Waals surface area (Å²) in [6.45, 7) is 8.32. The average Bonchev–Trinajstić information content (AvgIpc) is 3.15. The van der Waals surface area contributed by atoms with Gasteiger partial charge < -0.3 is 18.9 Å². The first-order valence-corrected chi connectivity index (χ1v) is 10.2. The number of nitrogens with zero attached hydrogens (tertiary/aromatic N) is 1. The van der Waals surface area contributed by atoms with Crippen LogP contribution in [-0.2, 0) is 14.2 Å². The number of hydrazine groups is 1. The van der Waals surface area contributed by atoms with E-state index in [-0.39, 0.29) is 6.61 Å². The Hall–Kier alpha value is -1.83. The van der Waals surface area contributed by atoms with Crippen LogP contribution in [0.25, 0.3) is 0 Å². The maximum absolute atomic E-state index is 11.6. The van der Waals surface area contributed by atoms with Crippen molar-refractivity contribution in [3.63, 3.8) is 0 Å². The van der Waals surface area contributed by atoms with E-state index < -0.39 is 11.9 Å². The Kier molecular flexibility index (Phi) is 9.02. The molecule has 158 valence electrons. The summed E-state index contributed by atoms with van der Waals surface area (Å²) in [6, 6.07) is 7.08. The summed E-state index contributed by atoms with van der Waals surface area (Å²) in [5, 5.41) is 0.982. The fourth-order valence-electron chi connectivity index (χ4n) is 3.46. The second-order valence-electron chi connectivity index (χ2n) is 7.08. The van der Waals surface area contributed by atoms with Crippen LogP contribution in [0.1, 0.15) is 52.9 Å². The molecule has 1 aliphatic heterocycles. The molecule has 1 fully saturated rings. The zero-order valence-electron chi connectivity index (χ0n) is 17.3. The van der Waals surface area contributed by atoms with Gasteiger partial charge in [-0.1, -0.05) is 19.8 Å². The van der Waals surface area contributed by atoms with Crippen LogP contribution in [0.2, 0.25) is 0 Å². The third-order valence-electron chi connectivity index (χ3n) is 5.14. The van der Waals surface area contributed by atoms with Crippen LogP contribution in [0.5, 0.6) is 5.75 Å². The van der Waals surface area contributed by atoms with Gasteiger partial charge in [0.1, 0.15) is 5.75 Å². The highest BCUT2D eigenvalue weighted by Gasteiger charge is 2.38. The van der Waals surface area contributed by atoms with E-state index in [1.54, 1.807) is 31.2 Å². The maximum atomic E-state index is 11.6. The molecule has 0 saturated carbocycles. The minimum absolute atomic E-state index is 0.284. The maximum Gasteiger partial charge on any atom is 0.428 e. The Labute approximate surface area is 168 Å². The second-order valence-corrected chi connectivity index (χ2v) is 7.08. The van der Waals surface area contributed by atoms with Gasteiger partial charge >= 0.3 is 6.09 Å². The van der Waals surface area contributed by atoms with Crippen molar-refractivity contribution in [2.75, 3.05) is 31.4 Å². The number of ether oxygens (including phenoxy) is 4. The van der Waals surface area contributed by atoms with Gasteiger partial charge in [-0.15, -0.1) is 0 Å².